The standard InChI is InChI=1S/C8H16N2O.ClH/c1-5-8(11)9-6-7-10(2,3)4;/h5H,1,6-7H2,2-4H3;1H. The van der Waals surface area contributed by atoms with Crippen LogP contribution in [0.1, 0.15) is 0 Å². The predicted octanol–water partition coefficient (Wildman–Crippen LogP) is -3.00. The van der Waals surface area contributed by atoms with E-state index in [1.807, 2.05) is 0 Å². The molecule has 0 aliphatic carbocycles. The molecule has 0 unspecified atom stereocenters. The van der Waals surface area contributed by atoms with Gasteiger partial charge in [-0.25, -0.2) is 0 Å². The number of hydrogen-bond donors (Lipinski definition) is 1. The molecule has 72 valence electrons. The van der Waals surface area contributed by atoms with Crippen molar-refractivity contribution >= 4 is 5.91 Å². The number of hydrogen-bond acceptors (Lipinski definition) is 1. The maximum Gasteiger partial charge on any atom is 0.243 e. The van der Waals surface area contributed by atoms with Crippen molar-refractivity contribution in [3.63, 3.8) is 0 Å². The quantitative estimate of drug-likeness (QED) is 0.374. The summed E-state index contributed by atoms with van der Waals surface area (Å²) in [5.74, 6) is -0.0987. The van der Waals surface area contributed by atoms with Gasteiger partial charge >= 0.3 is 0 Å². The molecule has 0 spiro atoms. The lowest BCUT2D eigenvalue weighted by Gasteiger charge is -2.23. The highest BCUT2D eigenvalue weighted by Crippen LogP contribution is 1.85. The topological polar surface area (TPSA) is 29.1 Å². The van der Waals surface area contributed by atoms with Gasteiger partial charge in [0.1, 0.15) is 0 Å². The molecule has 3 nitrogen and oxygen atoms in total. The van der Waals surface area contributed by atoms with Crippen molar-refractivity contribution in [2.45, 2.75) is 0 Å². The summed E-state index contributed by atoms with van der Waals surface area (Å²) in [5, 5.41) is 2.72. The predicted molar refractivity (Wildman–Crippen MR) is 46.1 cm³/mol. The number of amides is 1. The number of carbonyl (C=O) groups excluding carboxylic acids is 1. The first-order chi connectivity index (χ1) is 4.95. The zero-order valence-electron chi connectivity index (χ0n) is 7.93. The molecule has 4 heteroatoms. The lowest BCUT2D eigenvalue weighted by Crippen LogP contribution is -3.00. The first-order valence-corrected chi connectivity index (χ1v) is 3.66. The minimum absolute atomic E-state index is 0. The van der Waals surface area contributed by atoms with E-state index in [9.17, 15) is 4.79 Å². The third-order valence-corrected chi connectivity index (χ3v) is 1.27. The normalized spacial score (nSPS) is 9.92. The Hall–Kier alpha value is -0.540. The Morgan fingerprint density at radius 3 is 2.33 bits per heavy atom. The average Bonchev–Trinajstić information content (AvgIpc) is 1.85. The molecule has 0 aliphatic rings. The Labute approximate surface area is 80.4 Å². The summed E-state index contributed by atoms with van der Waals surface area (Å²) in [6.45, 7) is 4.99. The second-order valence-electron chi connectivity index (χ2n) is 3.51. The summed E-state index contributed by atoms with van der Waals surface area (Å²) in [5.41, 5.74) is 0. The maximum absolute atomic E-state index is 10.7. The van der Waals surface area contributed by atoms with Crippen LogP contribution in [0.15, 0.2) is 12.7 Å². The van der Waals surface area contributed by atoms with Gasteiger partial charge in [0.05, 0.1) is 34.2 Å². The van der Waals surface area contributed by atoms with E-state index in [1.54, 1.807) is 0 Å². The summed E-state index contributed by atoms with van der Waals surface area (Å²) >= 11 is 0. The van der Waals surface area contributed by atoms with Crippen LogP contribution in [0.5, 0.6) is 0 Å². The molecule has 0 rings (SSSR count). The molecule has 0 aromatic rings. The molecule has 0 fully saturated rings. The maximum atomic E-state index is 10.7. The zero-order chi connectivity index (χ0) is 8.91. The zero-order valence-corrected chi connectivity index (χ0v) is 8.69. The summed E-state index contributed by atoms with van der Waals surface area (Å²) in [6, 6.07) is 0. The summed E-state index contributed by atoms with van der Waals surface area (Å²) in [7, 11) is 6.25. The Morgan fingerprint density at radius 2 is 2.00 bits per heavy atom. The summed E-state index contributed by atoms with van der Waals surface area (Å²) in [6.07, 6.45) is 1.29. The molecule has 0 radical (unpaired) electrons. The van der Waals surface area contributed by atoms with Crippen molar-refractivity contribution in [3.8, 4) is 0 Å². The van der Waals surface area contributed by atoms with Crippen molar-refractivity contribution in [2.24, 2.45) is 0 Å². The van der Waals surface area contributed by atoms with Gasteiger partial charge in [-0.3, -0.25) is 4.79 Å². The number of nitrogens with one attached hydrogen (secondary N) is 1. The molecule has 1 N–H and O–H groups in total. The minimum Gasteiger partial charge on any atom is -1.00 e. The van der Waals surface area contributed by atoms with E-state index in [2.05, 4.69) is 33.0 Å². The van der Waals surface area contributed by atoms with E-state index in [1.165, 1.54) is 6.08 Å². The van der Waals surface area contributed by atoms with Gasteiger partial charge in [0.15, 0.2) is 0 Å². The van der Waals surface area contributed by atoms with Gasteiger partial charge in [-0.15, -0.1) is 0 Å². The second-order valence-corrected chi connectivity index (χ2v) is 3.51. The fourth-order valence-corrected chi connectivity index (χ4v) is 0.587. The SMILES string of the molecule is C=CC(=O)NCC[N+](C)(C)C.[Cl-]. The van der Waals surface area contributed by atoms with Crippen molar-refractivity contribution < 1.29 is 21.7 Å². The van der Waals surface area contributed by atoms with Crippen LogP contribution in [-0.4, -0.2) is 44.6 Å². The second kappa shape index (κ2) is 6.03. The number of quaternary nitrogens is 1. The summed E-state index contributed by atoms with van der Waals surface area (Å²) in [4.78, 5) is 10.7. The van der Waals surface area contributed by atoms with Crippen LogP contribution >= 0.6 is 0 Å². The van der Waals surface area contributed by atoms with E-state index < -0.39 is 0 Å². The first-order valence-electron chi connectivity index (χ1n) is 3.66. The molecular weight excluding hydrogens is 176 g/mol. The van der Waals surface area contributed by atoms with Gasteiger partial charge in [-0.1, -0.05) is 6.58 Å². The number of likely N-dealkylation sites (N-methyl/N-ethyl adjacent to an activating group) is 1. The minimum atomic E-state index is -0.0987. The smallest absolute Gasteiger partial charge is 0.243 e. The van der Waals surface area contributed by atoms with Gasteiger partial charge in [0, 0.05) is 0 Å². The number of halogens is 1. The van der Waals surface area contributed by atoms with Crippen LogP contribution in [0.25, 0.3) is 0 Å². The van der Waals surface area contributed by atoms with Crippen molar-refractivity contribution in [1.82, 2.24) is 5.32 Å². The molecule has 0 aromatic heterocycles. The highest BCUT2D eigenvalue weighted by atomic mass is 35.5. The highest BCUT2D eigenvalue weighted by molar-refractivity contribution is 5.86. The molecule has 0 bridgehead atoms. The molecule has 0 aliphatic heterocycles. The molecule has 0 aromatic carbocycles. The third-order valence-electron chi connectivity index (χ3n) is 1.27. The van der Waals surface area contributed by atoms with Crippen LogP contribution in [0.3, 0.4) is 0 Å². The fourth-order valence-electron chi connectivity index (χ4n) is 0.587. The number of carbonyl (C=O) groups is 1. The lowest BCUT2D eigenvalue weighted by atomic mass is 10.5. The average molecular weight is 193 g/mol. The van der Waals surface area contributed by atoms with Crippen molar-refractivity contribution in [2.75, 3.05) is 34.2 Å². The molecule has 12 heavy (non-hydrogen) atoms. The molecule has 1 amide bonds. The molecular formula is C8H17ClN2O. The Balaban J connectivity index is 0. The Morgan fingerprint density at radius 1 is 1.50 bits per heavy atom. The van der Waals surface area contributed by atoms with Crippen LogP contribution in [0.2, 0.25) is 0 Å². The van der Waals surface area contributed by atoms with Crippen molar-refractivity contribution in [3.05, 3.63) is 12.7 Å². The van der Waals surface area contributed by atoms with Gasteiger partial charge in [0.2, 0.25) is 5.91 Å². The van der Waals surface area contributed by atoms with Crippen LogP contribution in [0, 0.1) is 0 Å². The molecule has 0 saturated carbocycles. The molecule has 0 atom stereocenters. The molecule has 0 saturated heterocycles. The van der Waals surface area contributed by atoms with Gasteiger partial charge in [-0.05, 0) is 6.08 Å². The lowest BCUT2D eigenvalue weighted by molar-refractivity contribution is -0.869. The largest absolute Gasteiger partial charge is 1.00 e. The van der Waals surface area contributed by atoms with Gasteiger partial charge in [0.25, 0.3) is 0 Å². The van der Waals surface area contributed by atoms with E-state index in [4.69, 9.17) is 0 Å². The fraction of sp³-hybridized carbons (Fsp3) is 0.625. The Bertz CT molecular complexity index is 152. The van der Waals surface area contributed by atoms with Gasteiger partial charge in [-0.2, -0.15) is 0 Å². The van der Waals surface area contributed by atoms with Gasteiger partial charge < -0.3 is 22.2 Å². The summed E-state index contributed by atoms with van der Waals surface area (Å²) < 4.78 is 0.859. The third kappa shape index (κ3) is 9.46. The molecule has 0 heterocycles. The Kier molecular flexibility index (Phi) is 7.04. The number of nitrogens with zero attached hydrogens (tertiary/aromatic N) is 1. The van der Waals surface area contributed by atoms with Crippen LogP contribution < -0.4 is 17.7 Å². The first kappa shape index (κ1) is 14.0. The van der Waals surface area contributed by atoms with Crippen LogP contribution in [-0.2, 0) is 4.79 Å². The van der Waals surface area contributed by atoms with E-state index in [0.717, 1.165) is 11.0 Å². The van der Waals surface area contributed by atoms with Crippen LogP contribution in [0.4, 0.5) is 0 Å². The highest BCUT2D eigenvalue weighted by Gasteiger charge is 2.05. The van der Waals surface area contributed by atoms with E-state index >= 15 is 0 Å². The monoisotopic (exact) mass is 192 g/mol. The van der Waals surface area contributed by atoms with E-state index in [0.29, 0.717) is 6.54 Å². The number of rotatable bonds is 4. The van der Waals surface area contributed by atoms with Crippen molar-refractivity contribution in [1.29, 1.82) is 0 Å². The van der Waals surface area contributed by atoms with E-state index in [-0.39, 0.29) is 18.3 Å².